The van der Waals surface area contributed by atoms with Gasteiger partial charge >= 0.3 is 6.03 Å². The van der Waals surface area contributed by atoms with Crippen molar-refractivity contribution >= 4 is 17.4 Å². The van der Waals surface area contributed by atoms with Gasteiger partial charge < -0.3 is 15.2 Å². The van der Waals surface area contributed by atoms with E-state index in [1.807, 2.05) is 26.3 Å². The zero-order chi connectivity index (χ0) is 13.8. The predicted molar refractivity (Wildman–Crippen MR) is 71.6 cm³/mol. The van der Waals surface area contributed by atoms with Crippen molar-refractivity contribution in [3.8, 4) is 0 Å². The number of nitrogens with zero attached hydrogens (tertiary/aromatic N) is 4. The van der Waals surface area contributed by atoms with Crippen LogP contribution in [0.25, 0.3) is 0 Å². The summed E-state index contributed by atoms with van der Waals surface area (Å²) in [5.41, 5.74) is 0.865. The van der Waals surface area contributed by atoms with Gasteiger partial charge in [-0.1, -0.05) is 0 Å². The van der Waals surface area contributed by atoms with Gasteiger partial charge in [-0.25, -0.2) is 9.78 Å². The average molecular weight is 280 g/mol. The molecule has 0 saturated heterocycles. The second-order valence-corrected chi connectivity index (χ2v) is 5.27. The summed E-state index contributed by atoms with van der Waals surface area (Å²) < 4.78 is 1.77. The van der Waals surface area contributed by atoms with Crippen molar-refractivity contribution in [2.24, 2.45) is 7.05 Å². The molecule has 0 aliphatic heterocycles. The van der Waals surface area contributed by atoms with Crippen LogP contribution >= 0.6 is 11.3 Å². The first-order valence-corrected chi connectivity index (χ1v) is 6.73. The summed E-state index contributed by atoms with van der Waals surface area (Å²) in [6, 6.07) is -0.453. The molecule has 8 heteroatoms. The molecule has 2 aromatic heterocycles. The van der Waals surface area contributed by atoms with Crippen LogP contribution in [0.3, 0.4) is 0 Å². The number of hydrogen-bond donors (Lipinski definition) is 2. The number of carbonyl (C=O) groups excluding carboxylic acids is 1. The molecule has 0 saturated carbocycles. The van der Waals surface area contributed by atoms with Gasteiger partial charge in [-0.05, 0) is 13.8 Å². The Kier molecular flexibility index (Phi) is 4.10. The highest BCUT2D eigenvalue weighted by atomic mass is 32.1. The molecule has 0 aromatic carbocycles. The van der Waals surface area contributed by atoms with Gasteiger partial charge in [0.15, 0.2) is 5.82 Å². The van der Waals surface area contributed by atoms with Crippen LogP contribution in [-0.4, -0.2) is 25.8 Å². The smallest absolute Gasteiger partial charge is 0.315 e. The molecule has 102 valence electrons. The van der Waals surface area contributed by atoms with Crippen LogP contribution in [0.4, 0.5) is 4.79 Å². The largest absolute Gasteiger partial charge is 0.332 e. The average Bonchev–Trinajstić information content (AvgIpc) is 2.95. The summed E-state index contributed by atoms with van der Waals surface area (Å²) in [6.07, 6.45) is 1.60. The Labute approximate surface area is 115 Å². The monoisotopic (exact) mass is 280 g/mol. The van der Waals surface area contributed by atoms with E-state index in [9.17, 15) is 4.79 Å². The maximum Gasteiger partial charge on any atom is 0.315 e. The lowest BCUT2D eigenvalue weighted by Gasteiger charge is -2.13. The van der Waals surface area contributed by atoms with E-state index in [0.29, 0.717) is 12.4 Å². The summed E-state index contributed by atoms with van der Waals surface area (Å²) in [6.45, 7) is 4.21. The molecule has 2 N–H and O–H groups in total. The fraction of sp³-hybridized carbons (Fsp3) is 0.455. The molecule has 0 spiro atoms. The minimum atomic E-state index is -0.249. The Bertz CT molecular complexity index is 563. The van der Waals surface area contributed by atoms with Crippen LogP contribution in [-0.2, 0) is 13.6 Å². The lowest BCUT2D eigenvalue weighted by atomic mass is 10.3. The number of aromatic nitrogens is 4. The van der Waals surface area contributed by atoms with Crippen LogP contribution in [0.15, 0.2) is 11.7 Å². The molecule has 1 atom stereocenters. The molecule has 0 fully saturated rings. The molecule has 0 bridgehead atoms. The van der Waals surface area contributed by atoms with Crippen molar-refractivity contribution in [1.82, 2.24) is 30.4 Å². The number of amides is 2. The van der Waals surface area contributed by atoms with Gasteiger partial charge in [0.25, 0.3) is 0 Å². The van der Waals surface area contributed by atoms with E-state index in [2.05, 4.69) is 25.8 Å². The zero-order valence-electron chi connectivity index (χ0n) is 11.0. The highest BCUT2D eigenvalue weighted by Crippen LogP contribution is 2.08. The first-order chi connectivity index (χ1) is 9.06. The number of carbonyl (C=O) groups is 1. The zero-order valence-corrected chi connectivity index (χ0v) is 11.9. The summed E-state index contributed by atoms with van der Waals surface area (Å²) >= 11 is 1.57. The Morgan fingerprint density at radius 2 is 2.37 bits per heavy atom. The van der Waals surface area contributed by atoms with E-state index < -0.39 is 0 Å². The van der Waals surface area contributed by atoms with Crippen molar-refractivity contribution in [3.63, 3.8) is 0 Å². The molecule has 19 heavy (non-hydrogen) atoms. The lowest BCUT2D eigenvalue weighted by Crippen LogP contribution is -2.37. The van der Waals surface area contributed by atoms with Crippen molar-refractivity contribution in [2.45, 2.75) is 26.4 Å². The topological polar surface area (TPSA) is 84.7 Å². The van der Waals surface area contributed by atoms with Crippen LogP contribution < -0.4 is 10.6 Å². The van der Waals surface area contributed by atoms with Crippen molar-refractivity contribution in [1.29, 1.82) is 0 Å². The molecule has 0 aliphatic carbocycles. The highest BCUT2D eigenvalue weighted by Gasteiger charge is 2.13. The number of aryl methyl sites for hydroxylation is 2. The highest BCUT2D eigenvalue weighted by molar-refractivity contribution is 7.09. The summed E-state index contributed by atoms with van der Waals surface area (Å²) in [4.78, 5) is 16.0. The maximum atomic E-state index is 11.7. The molecule has 2 amide bonds. The third-order valence-corrected chi connectivity index (χ3v) is 3.40. The molecule has 7 nitrogen and oxygen atoms in total. The normalized spacial score (nSPS) is 12.2. The van der Waals surface area contributed by atoms with Crippen molar-refractivity contribution in [3.05, 3.63) is 28.2 Å². The van der Waals surface area contributed by atoms with E-state index in [-0.39, 0.29) is 12.1 Å². The van der Waals surface area contributed by atoms with Crippen LogP contribution in [0.2, 0.25) is 0 Å². The van der Waals surface area contributed by atoms with Gasteiger partial charge in [-0.2, -0.15) is 0 Å². The molecule has 1 unspecified atom stereocenters. The van der Waals surface area contributed by atoms with E-state index in [0.717, 1.165) is 10.7 Å². The van der Waals surface area contributed by atoms with Crippen molar-refractivity contribution in [2.75, 3.05) is 0 Å². The van der Waals surface area contributed by atoms with Gasteiger partial charge in [0.1, 0.15) is 6.33 Å². The summed E-state index contributed by atoms with van der Waals surface area (Å²) in [7, 11) is 1.84. The van der Waals surface area contributed by atoms with Crippen molar-refractivity contribution < 1.29 is 4.79 Å². The van der Waals surface area contributed by atoms with E-state index in [4.69, 9.17) is 0 Å². The molecular formula is C11H16N6OS. The minimum Gasteiger partial charge on any atom is -0.332 e. The second kappa shape index (κ2) is 5.79. The van der Waals surface area contributed by atoms with Gasteiger partial charge in [-0.3, -0.25) is 0 Å². The van der Waals surface area contributed by atoms with E-state index >= 15 is 0 Å². The minimum absolute atomic E-state index is 0.204. The Balaban J connectivity index is 1.83. The third kappa shape index (κ3) is 3.50. The quantitative estimate of drug-likeness (QED) is 0.879. The molecule has 0 aliphatic rings. The summed E-state index contributed by atoms with van der Waals surface area (Å²) in [5, 5.41) is 16.2. The van der Waals surface area contributed by atoms with Gasteiger partial charge in [0.2, 0.25) is 0 Å². The van der Waals surface area contributed by atoms with Gasteiger partial charge in [-0.15, -0.1) is 21.5 Å². The number of hydrogen-bond acceptors (Lipinski definition) is 5. The van der Waals surface area contributed by atoms with E-state index in [1.165, 1.54) is 0 Å². The van der Waals surface area contributed by atoms with E-state index in [1.54, 1.807) is 22.2 Å². The maximum absolute atomic E-state index is 11.7. The van der Waals surface area contributed by atoms with Crippen LogP contribution in [0, 0.1) is 6.92 Å². The number of urea groups is 1. The van der Waals surface area contributed by atoms with Gasteiger partial charge in [0, 0.05) is 12.4 Å². The number of rotatable bonds is 4. The number of nitrogens with one attached hydrogen (secondary N) is 2. The second-order valence-electron chi connectivity index (χ2n) is 4.21. The molecule has 2 aromatic rings. The first-order valence-electron chi connectivity index (χ1n) is 5.85. The molecule has 2 rings (SSSR count). The third-order valence-electron chi connectivity index (χ3n) is 2.58. The molecule has 0 radical (unpaired) electrons. The standard InChI is InChI=1S/C11H16N6OS/c1-7(10-16-13-6-17(10)3)14-11(18)12-4-9-5-19-8(2)15-9/h5-7H,4H2,1-3H3,(H2,12,14,18). The SMILES string of the molecule is Cc1nc(CNC(=O)NC(C)c2nncn2C)cs1. The fourth-order valence-electron chi connectivity index (χ4n) is 1.66. The number of thiazole rings is 1. The van der Waals surface area contributed by atoms with Crippen LogP contribution in [0.1, 0.15) is 29.5 Å². The van der Waals surface area contributed by atoms with Gasteiger partial charge in [0.05, 0.1) is 23.3 Å². The Hall–Kier alpha value is -1.96. The van der Waals surface area contributed by atoms with Crippen LogP contribution in [0.5, 0.6) is 0 Å². The summed E-state index contributed by atoms with van der Waals surface area (Å²) in [5.74, 6) is 0.708. The fourth-order valence-corrected chi connectivity index (χ4v) is 2.27. The lowest BCUT2D eigenvalue weighted by molar-refractivity contribution is 0.236. The molecule has 2 heterocycles. The Morgan fingerprint density at radius 1 is 1.58 bits per heavy atom. The Morgan fingerprint density at radius 3 is 2.95 bits per heavy atom. The molecular weight excluding hydrogens is 264 g/mol. The predicted octanol–water partition coefficient (Wildman–Crippen LogP) is 1.14. The first kappa shape index (κ1) is 13.5.